The first-order chi connectivity index (χ1) is 17.8. The predicted molar refractivity (Wildman–Crippen MR) is 138 cm³/mol. The van der Waals surface area contributed by atoms with Crippen LogP contribution in [0.25, 0.3) is 0 Å². The highest BCUT2D eigenvalue weighted by molar-refractivity contribution is 5.41. The monoisotopic (exact) mass is 517 g/mol. The van der Waals surface area contributed by atoms with Crippen molar-refractivity contribution in [2.24, 2.45) is 0 Å². The van der Waals surface area contributed by atoms with E-state index in [2.05, 4.69) is 6.92 Å². The predicted octanol–water partition coefficient (Wildman–Crippen LogP) is 2.58. The van der Waals surface area contributed by atoms with Crippen molar-refractivity contribution in [1.29, 1.82) is 0 Å². The molecular weight excluding hydrogens is 470 g/mol. The van der Waals surface area contributed by atoms with Crippen LogP contribution in [0.2, 0.25) is 0 Å². The normalized spacial score (nSPS) is 11.2. The number of hydrogen-bond donors (Lipinski definition) is 1. The molecule has 0 unspecified atom stereocenters. The number of nitrogens with two attached hydrogens (primary N) is 1. The van der Waals surface area contributed by atoms with E-state index in [0.717, 1.165) is 25.2 Å². The molecule has 10 heteroatoms. The second kappa shape index (κ2) is 26.6. The summed E-state index contributed by atoms with van der Waals surface area (Å²) in [4.78, 5) is 0. The molecule has 10 nitrogen and oxygen atoms in total. The Labute approximate surface area is 216 Å². The van der Waals surface area contributed by atoms with E-state index in [1.54, 1.807) is 12.1 Å². The SMILES string of the molecule is CCCCOCCOCCOCCOCCOCCOCCOCCOCCOc1ccc(N)cc1. The zero-order chi connectivity index (χ0) is 25.8. The summed E-state index contributed by atoms with van der Waals surface area (Å²) in [5.74, 6) is 0.777. The number of anilines is 1. The van der Waals surface area contributed by atoms with Gasteiger partial charge in [0, 0.05) is 12.3 Å². The molecule has 0 radical (unpaired) electrons. The summed E-state index contributed by atoms with van der Waals surface area (Å²) in [6.07, 6.45) is 2.25. The summed E-state index contributed by atoms with van der Waals surface area (Å²) >= 11 is 0. The van der Waals surface area contributed by atoms with E-state index in [-0.39, 0.29) is 0 Å². The Morgan fingerprint density at radius 2 is 0.750 bits per heavy atom. The number of ether oxygens (including phenoxy) is 9. The summed E-state index contributed by atoms with van der Waals surface area (Å²) in [5, 5.41) is 0. The third-order valence-corrected chi connectivity index (χ3v) is 4.62. The zero-order valence-corrected chi connectivity index (χ0v) is 22.0. The van der Waals surface area contributed by atoms with Gasteiger partial charge in [0.25, 0.3) is 0 Å². The summed E-state index contributed by atoms with van der Waals surface area (Å²) in [7, 11) is 0. The number of nitrogen functional groups attached to an aromatic ring is 1. The Morgan fingerprint density at radius 1 is 0.444 bits per heavy atom. The molecule has 36 heavy (non-hydrogen) atoms. The molecule has 1 rings (SSSR count). The minimum absolute atomic E-state index is 0.483. The van der Waals surface area contributed by atoms with Crippen molar-refractivity contribution >= 4 is 5.69 Å². The summed E-state index contributed by atoms with van der Waals surface area (Å²) in [5.41, 5.74) is 6.34. The molecule has 0 amide bonds. The van der Waals surface area contributed by atoms with Gasteiger partial charge in [-0.2, -0.15) is 0 Å². The van der Waals surface area contributed by atoms with Gasteiger partial charge >= 0.3 is 0 Å². The molecule has 0 saturated heterocycles. The van der Waals surface area contributed by atoms with E-state index in [0.29, 0.717) is 111 Å². The second-order valence-corrected chi connectivity index (χ2v) is 7.67. The molecule has 1 aromatic rings. The highest BCUT2D eigenvalue weighted by atomic mass is 16.6. The molecule has 0 fully saturated rings. The van der Waals surface area contributed by atoms with Crippen LogP contribution in [-0.4, -0.2) is 112 Å². The summed E-state index contributed by atoms with van der Waals surface area (Å²) in [6, 6.07) is 7.28. The Balaban J connectivity index is 1.65. The van der Waals surface area contributed by atoms with Crippen molar-refractivity contribution in [3.05, 3.63) is 24.3 Å². The third kappa shape index (κ3) is 22.9. The number of benzene rings is 1. The van der Waals surface area contributed by atoms with E-state index in [9.17, 15) is 0 Å². The van der Waals surface area contributed by atoms with Gasteiger partial charge in [-0.1, -0.05) is 13.3 Å². The molecule has 0 atom stereocenters. The maximum absolute atomic E-state index is 5.63. The maximum Gasteiger partial charge on any atom is 0.119 e. The number of rotatable bonds is 28. The van der Waals surface area contributed by atoms with E-state index >= 15 is 0 Å². The van der Waals surface area contributed by atoms with Crippen molar-refractivity contribution in [2.75, 3.05) is 118 Å². The maximum atomic E-state index is 5.63. The third-order valence-electron chi connectivity index (χ3n) is 4.62. The molecule has 0 saturated carbocycles. The molecular formula is C26H47NO9. The minimum Gasteiger partial charge on any atom is -0.491 e. The fourth-order valence-electron chi connectivity index (χ4n) is 2.67. The highest BCUT2D eigenvalue weighted by Gasteiger charge is 1.96. The van der Waals surface area contributed by atoms with Crippen molar-refractivity contribution in [2.45, 2.75) is 19.8 Å². The van der Waals surface area contributed by atoms with Gasteiger partial charge in [0.05, 0.1) is 99.1 Å². The van der Waals surface area contributed by atoms with Gasteiger partial charge in [0.1, 0.15) is 12.4 Å². The van der Waals surface area contributed by atoms with Gasteiger partial charge in [0.2, 0.25) is 0 Å². The Hall–Kier alpha value is -1.50. The van der Waals surface area contributed by atoms with Crippen LogP contribution in [0.1, 0.15) is 19.8 Å². The molecule has 0 heterocycles. The van der Waals surface area contributed by atoms with Gasteiger partial charge in [-0.25, -0.2) is 0 Å². The van der Waals surface area contributed by atoms with Crippen LogP contribution in [0.3, 0.4) is 0 Å². The van der Waals surface area contributed by atoms with Crippen molar-refractivity contribution in [3.63, 3.8) is 0 Å². The topological polar surface area (TPSA) is 109 Å². The van der Waals surface area contributed by atoms with Crippen LogP contribution in [0.15, 0.2) is 24.3 Å². The van der Waals surface area contributed by atoms with E-state index in [1.807, 2.05) is 12.1 Å². The Kier molecular flexibility index (Phi) is 24.0. The van der Waals surface area contributed by atoms with Gasteiger partial charge in [-0.05, 0) is 30.7 Å². The average molecular weight is 518 g/mol. The first-order valence-corrected chi connectivity index (χ1v) is 12.9. The minimum atomic E-state index is 0.483. The average Bonchev–Trinajstić information content (AvgIpc) is 2.89. The number of hydrogen-bond acceptors (Lipinski definition) is 10. The van der Waals surface area contributed by atoms with Crippen LogP contribution in [-0.2, 0) is 37.9 Å². The molecule has 2 N–H and O–H groups in total. The Bertz CT molecular complexity index is 563. The van der Waals surface area contributed by atoms with E-state index in [4.69, 9.17) is 48.4 Å². The van der Waals surface area contributed by atoms with Crippen LogP contribution < -0.4 is 10.5 Å². The Morgan fingerprint density at radius 3 is 1.08 bits per heavy atom. The van der Waals surface area contributed by atoms with Gasteiger partial charge in [-0.3, -0.25) is 0 Å². The smallest absolute Gasteiger partial charge is 0.119 e. The number of unbranched alkanes of at least 4 members (excludes halogenated alkanes) is 1. The molecule has 0 aliphatic carbocycles. The standard InChI is InChI=1S/C26H47NO9/c1-2-3-8-28-9-10-29-11-12-30-13-14-31-15-16-32-17-18-33-19-20-34-21-22-35-23-24-36-26-6-4-25(27)5-7-26/h4-7H,2-3,8-24,27H2,1H3. The first-order valence-electron chi connectivity index (χ1n) is 12.9. The molecule has 0 bridgehead atoms. The van der Waals surface area contributed by atoms with Crippen molar-refractivity contribution in [3.8, 4) is 5.75 Å². The largest absolute Gasteiger partial charge is 0.491 e. The van der Waals surface area contributed by atoms with Crippen molar-refractivity contribution < 1.29 is 42.6 Å². The molecule has 0 aliphatic rings. The lowest BCUT2D eigenvalue weighted by Crippen LogP contribution is -2.15. The fourth-order valence-corrected chi connectivity index (χ4v) is 2.67. The molecule has 0 spiro atoms. The first kappa shape index (κ1) is 32.5. The van der Waals surface area contributed by atoms with Crippen molar-refractivity contribution in [1.82, 2.24) is 0 Å². The van der Waals surface area contributed by atoms with E-state index in [1.165, 1.54) is 0 Å². The van der Waals surface area contributed by atoms with Gasteiger partial charge in [-0.15, -0.1) is 0 Å². The summed E-state index contributed by atoms with van der Waals surface area (Å²) in [6.45, 7) is 11.6. The molecule has 0 aliphatic heterocycles. The molecule has 210 valence electrons. The van der Waals surface area contributed by atoms with E-state index < -0.39 is 0 Å². The van der Waals surface area contributed by atoms with Gasteiger partial charge in [0.15, 0.2) is 0 Å². The summed E-state index contributed by atoms with van der Waals surface area (Å²) < 4.78 is 49.1. The molecule has 0 aromatic heterocycles. The fraction of sp³-hybridized carbons (Fsp3) is 0.769. The van der Waals surface area contributed by atoms with Crippen LogP contribution >= 0.6 is 0 Å². The quantitative estimate of drug-likeness (QED) is 0.132. The lowest BCUT2D eigenvalue weighted by molar-refractivity contribution is -0.0236. The lowest BCUT2D eigenvalue weighted by Gasteiger charge is -2.09. The van der Waals surface area contributed by atoms with Crippen LogP contribution in [0, 0.1) is 0 Å². The van der Waals surface area contributed by atoms with Crippen LogP contribution in [0.4, 0.5) is 5.69 Å². The van der Waals surface area contributed by atoms with Gasteiger partial charge < -0.3 is 48.4 Å². The zero-order valence-electron chi connectivity index (χ0n) is 22.0. The molecule has 1 aromatic carbocycles. The second-order valence-electron chi connectivity index (χ2n) is 7.67. The van der Waals surface area contributed by atoms with Crippen LogP contribution in [0.5, 0.6) is 5.75 Å². The highest BCUT2D eigenvalue weighted by Crippen LogP contribution is 2.12. The lowest BCUT2D eigenvalue weighted by atomic mass is 10.3.